The summed E-state index contributed by atoms with van der Waals surface area (Å²) < 4.78 is 6.35. The van der Waals surface area contributed by atoms with Crippen LogP contribution in [-0.2, 0) is 9.53 Å². The van der Waals surface area contributed by atoms with Crippen LogP contribution in [0.15, 0.2) is 63.6 Å². The smallest absolute Gasteiger partial charge is 0.414 e. The molecule has 152 valence electrons. The SMILES string of the molecule is C[C@H](/C=C/C(=O)O)[C@@H](OC(=O)NC(=O)c1ccccc1)c1cc(Br)cc(Br)c1O. The van der Waals surface area contributed by atoms with Crippen molar-refractivity contribution in [1.82, 2.24) is 5.32 Å². The number of ether oxygens (including phenoxy) is 1. The van der Waals surface area contributed by atoms with Gasteiger partial charge in [0.15, 0.2) is 0 Å². The van der Waals surface area contributed by atoms with Crippen molar-refractivity contribution < 1.29 is 29.3 Å². The predicted molar refractivity (Wildman–Crippen MR) is 113 cm³/mol. The molecular weight excluding hydrogens is 510 g/mol. The number of amides is 2. The van der Waals surface area contributed by atoms with E-state index in [4.69, 9.17) is 9.84 Å². The first-order valence-corrected chi connectivity index (χ1v) is 9.93. The quantitative estimate of drug-likeness (QED) is 0.466. The number of imide groups is 1. The number of phenols is 1. The van der Waals surface area contributed by atoms with Gasteiger partial charge < -0.3 is 14.9 Å². The second-order valence-electron chi connectivity index (χ2n) is 6.03. The summed E-state index contributed by atoms with van der Waals surface area (Å²) >= 11 is 6.51. The average Bonchev–Trinajstić information content (AvgIpc) is 2.67. The van der Waals surface area contributed by atoms with Crippen molar-refractivity contribution in [3.63, 3.8) is 0 Å². The lowest BCUT2D eigenvalue weighted by Crippen LogP contribution is -2.33. The van der Waals surface area contributed by atoms with Crippen LogP contribution >= 0.6 is 31.9 Å². The Hall–Kier alpha value is -2.65. The van der Waals surface area contributed by atoms with Crippen molar-refractivity contribution >= 4 is 49.8 Å². The fourth-order valence-corrected chi connectivity index (χ4v) is 3.75. The summed E-state index contributed by atoms with van der Waals surface area (Å²) in [5.74, 6) is -2.62. The first-order valence-electron chi connectivity index (χ1n) is 8.35. The molecule has 0 heterocycles. The molecule has 2 amide bonds. The minimum absolute atomic E-state index is 0.170. The van der Waals surface area contributed by atoms with Gasteiger partial charge in [0.1, 0.15) is 11.9 Å². The highest BCUT2D eigenvalue weighted by Gasteiger charge is 2.27. The molecule has 7 nitrogen and oxygen atoms in total. The minimum Gasteiger partial charge on any atom is -0.506 e. The molecule has 2 aromatic rings. The van der Waals surface area contributed by atoms with Crippen molar-refractivity contribution in [3.8, 4) is 5.75 Å². The summed E-state index contributed by atoms with van der Waals surface area (Å²) in [6, 6.07) is 11.3. The van der Waals surface area contributed by atoms with E-state index in [-0.39, 0.29) is 16.9 Å². The van der Waals surface area contributed by atoms with Crippen molar-refractivity contribution in [2.24, 2.45) is 5.92 Å². The maximum Gasteiger partial charge on any atom is 0.414 e. The monoisotopic (exact) mass is 525 g/mol. The van der Waals surface area contributed by atoms with Crippen LogP contribution in [0.1, 0.15) is 28.9 Å². The van der Waals surface area contributed by atoms with E-state index in [2.05, 4.69) is 37.2 Å². The lowest BCUT2D eigenvalue weighted by atomic mass is 9.96. The Bertz CT molecular complexity index is 945. The molecule has 0 aromatic heterocycles. The third-order valence-electron chi connectivity index (χ3n) is 3.87. The van der Waals surface area contributed by atoms with E-state index in [1.165, 1.54) is 18.2 Å². The van der Waals surface area contributed by atoms with Gasteiger partial charge in [0.25, 0.3) is 5.91 Å². The van der Waals surface area contributed by atoms with Gasteiger partial charge in [-0.25, -0.2) is 9.59 Å². The molecule has 0 saturated carbocycles. The number of phenolic OH excluding ortho intramolecular Hbond substituents is 1. The number of carbonyl (C=O) groups is 3. The third kappa shape index (κ3) is 6.43. The van der Waals surface area contributed by atoms with Crippen LogP contribution in [0.3, 0.4) is 0 Å². The molecule has 0 fully saturated rings. The number of benzene rings is 2. The number of rotatable bonds is 6. The van der Waals surface area contributed by atoms with Crippen LogP contribution in [-0.4, -0.2) is 28.2 Å². The zero-order chi connectivity index (χ0) is 21.6. The highest BCUT2D eigenvalue weighted by molar-refractivity contribution is 9.11. The summed E-state index contributed by atoms with van der Waals surface area (Å²) in [6.07, 6.45) is 0.143. The van der Waals surface area contributed by atoms with E-state index in [0.29, 0.717) is 8.95 Å². The van der Waals surface area contributed by atoms with Gasteiger partial charge in [0, 0.05) is 27.6 Å². The molecule has 0 radical (unpaired) electrons. The number of aliphatic carboxylic acids is 1. The number of nitrogens with one attached hydrogen (secondary N) is 1. The molecule has 2 aromatic carbocycles. The molecule has 29 heavy (non-hydrogen) atoms. The third-order valence-corrected chi connectivity index (χ3v) is 4.93. The fourth-order valence-electron chi connectivity index (χ4n) is 2.49. The number of carbonyl (C=O) groups excluding carboxylic acids is 2. The van der Waals surface area contributed by atoms with Gasteiger partial charge in [-0.05, 0) is 40.2 Å². The molecule has 0 unspecified atom stereocenters. The molecule has 0 aliphatic heterocycles. The summed E-state index contributed by atoms with van der Waals surface area (Å²) in [7, 11) is 0. The topological polar surface area (TPSA) is 113 Å². The lowest BCUT2D eigenvalue weighted by molar-refractivity contribution is -0.131. The van der Waals surface area contributed by atoms with E-state index in [0.717, 1.165) is 6.08 Å². The number of halogens is 2. The number of carboxylic acids is 1. The van der Waals surface area contributed by atoms with E-state index in [1.54, 1.807) is 37.3 Å². The van der Waals surface area contributed by atoms with Gasteiger partial charge in [-0.3, -0.25) is 10.1 Å². The summed E-state index contributed by atoms with van der Waals surface area (Å²) in [5, 5.41) is 21.4. The van der Waals surface area contributed by atoms with Crippen molar-refractivity contribution in [2.45, 2.75) is 13.0 Å². The van der Waals surface area contributed by atoms with Crippen molar-refractivity contribution in [1.29, 1.82) is 0 Å². The Morgan fingerprint density at radius 2 is 1.79 bits per heavy atom. The molecule has 0 aliphatic rings. The zero-order valence-electron chi connectivity index (χ0n) is 15.1. The molecule has 2 atom stereocenters. The van der Waals surface area contributed by atoms with E-state index >= 15 is 0 Å². The molecular formula is C20H17Br2NO6. The number of aromatic hydroxyl groups is 1. The molecule has 0 spiro atoms. The molecule has 3 N–H and O–H groups in total. The van der Waals surface area contributed by atoms with Crippen LogP contribution in [0.5, 0.6) is 5.75 Å². The minimum atomic E-state index is -1.17. The maximum absolute atomic E-state index is 12.3. The Labute approximate surface area is 183 Å². The maximum atomic E-state index is 12.3. The summed E-state index contributed by atoms with van der Waals surface area (Å²) in [6.45, 7) is 1.62. The van der Waals surface area contributed by atoms with Crippen LogP contribution in [0.25, 0.3) is 0 Å². The Kier molecular flexibility index (Phi) is 7.98. The van der Waals surface area contributed by atoms with Gasteiger partial charge >= 0.3 is 12.1 Å². The number of carboxylic acid groups (broad SMARTS) is 1. The molecule has 9 heteroatoms. The van der Waals surface area contributed by atoms with Crippen molar-refractivity contribution in [2.75, 3.05) is 0 Å². The number of hydrogen-bond acceptors (Lipinski definition) is 5. The summed E-state index contributed by atoms with van der Waals surface area (Å²) in [5.41, 5.74) is 0.504. The molecule has 2 rings (SSSR count). The highest BCUT2D eigenvalue weighted by atomic mass is 79.9. The van der Waals surface area contributed by atoms with Gasteiger partial charge in [-0.2, -0.15) is 0 Å². The molecule has 0 bridgehead atoms. The molecule has 0 saturated heterocycles. The van der Waals surface area contributed by atoms with E-state index in [9.17, 15) is 19.5 Å². The summed E-state index contributed by atoms with van der Waals surface area (Å²) in [4.78, 5) is 35.3. The van der Waals surface area contributed by atoms with Gasteiger partial charge in [0.2, 0.25) is 0 Å². The van der Waals surface area contributed by atoms with Crippen LogP contribution in [0.2, 0.25) is 0 Å². The van der Waals surface area contributed by atoms with Crippen molar-refractivity contribution in [3.05, 3.63) is 74.7 Å². The number of alkyl carbamates (subject to hydrolysis) is 1. The molecule has 0 aliphatic carbocycles. The van der Waals surface area contributed by atoms with Gasteiger partial charge in [-0.15, -0.1) is 0 Å². The van der Waals surface area contributed by atoms with Crippen LogP contribution in [0, 0.1) is 5.92 Å². The number of hydrogen-bond donors (Lipinski definition) is 3. The Morgan fingerprint density at radius 1 is 1.14 bits per heavy atom. The zero-order valence-corrected chi connectivity index (χ0v) is 18.3. The van der Waals surface area contributed by atoms with E-state index in [1.807, 2.05) is 0 Å². The van der Waals surface area contributed by atoms with E-state index < -0.39 is 30.0 Å². The largest absolute Gasteiger partial charge is 0.506 e. The Balaban J connectivity index is 2.29. The Morgan fingerprint density at radius 3 is 2.41 bits per heavy atom. The second-order valence-corrected chi connectivity index (χ2v) is 7.80. The first-order chi connectivity index (χ1) is 13.7. The first kappa shape index (κ1) is 22.6. The van der Waals surface area contributed by atoms with Crippen LogP contribution in [0.4, 0.5) is 4.79 Å². The van der Waals surface area contributed by atoms with Gasteiger partial charge in [-0.1, -0.05) is 47.1 Å². The standard InChI is InChI=1S/C20H17Br2NO6/c1-11(7-8-16(24)25)18(14-9-13(21)10-15(22)17(14)26)29-20(28)23-19(27)12-5-3-2-4-6-12/h2-11,18,26H,1H3,(H,24,25)(H,23,27,28)/b8-7+/t11-,18-/m1/s1. The lowest BCUT2D eigenvalue weighted by Gasteiger charge is -2.24. The fraction of sp³-hybridized carbons (Fsp3) is 0.150. The van der Waals surface area contributed by atoms with Crippen LogP contribution < -0.4 is 5.32 Å². The average molecular weight is 527 g/mol. The predicted octanol–water partition coefficient (Wildman–Crippen LogP) is 4.80. The second kappa shape index (κ2) is 10.2. The van der Waals surface area contributed by atoms with Gasteiger partial charge in [0.05, 0.1) is 4.47 Å². The normalized spacial score (nSPS) is 12.9. The highest BCUT2D eigenvalue weighted by Crippen LogP contribution is 2.39.